The number of hydrogen-bond acceptors (Lipinski definition) is 3. The molecule has 0 aromatic rings. The molecule has 2 N–H and O–H groups in total. The molecule has 1 unspecified atom stereocenters. The first-order chi connectivity index (χ1) is 9.69. The minimum Gasteiger partial charge on any atom is -0.376 e. The summed E-state index contributed by atoms with van der Waals surface area (Å²) in [6, 6.07) is 0. The Morgan fingerprint density at radius 3 is 2.45 bits per heavy atom. The largest absolute Gasteiger partial charge is 0.376 e. The number of carbonyl (C=O) groups is 1. The summed E-state index contributed by atoms with van der Waals surface area (Å²) in [4.78, 5) is 14.2. The van der Waals surface area contributed by atoms with Crippen LogP contribution < -0.4 is 5.73 Å². The molecule has 2 aliphatic rings. The second-order valence-electron chi connectivity index (χ2n) is 6.59. The zero-order chi connectivity index (χ0) is 14.4. The molecule has 1 heterocycles. The SMILES string of the molecule is CN(CC1CCCCO1)C(=O)CC1CCC(CN)CC1. The second kappa shape index (κ2) is 7.99. The van der Waals surface area contributed by atoms with Gasteiger partial charge in [0.2, 0.25) is 5.91 Å². The van der Waals surface area contributed by atoms with Gasteiger partial charge in [0, 0.05) is 26.6 Å². The van der Waals surface area contributed by atoms with Gasteiger partial charge in [-0.05, 0) is 63.3 Å². The van der Waals surface area contributed by atoms with E-state index in [1.54, 1.807) is 0 Å². The van der Waals surface area contributed by atoms with Crippen molar-refractivity contribution in [3.63, 3.8) is 0 Å². The lowest BCUT2D eigenvalue weighted by atomic mass is 9.80. The van der Waals surface area contributed by atoms with Crippen LogP contribution in [-0.2, 0) is 9.53 Å². The molecule has 1 saturated heterocycles. The van der Waals surface area contributed by atoms with Gasteiger partial charge in [-0.3, -0.25) is 4.79 Å². The van der Waals surface area contributed by atoms with Gasteiger partial charge in [0.1, 0.15) is 0 Å². The summed E-state index contributed by atoms with van der Waals surface area (Å²) in [5.74, 6) is 1.55. The molecule has 0 spiro atoms. The third kappa shape index (κ3) is 4.74. The summed E-state index contributed by atoms with van der Waals surface area (Å²) >= 11 is 0. The smallest absolute Gasteiger partial charge is 0.222 e. The highest BCUT2D eigenvalue weighted by Crippen LogP contribution is 2.30. The minimum absolute atomic E-state index is 0.255. The first kappa shape index (κ1) is 15.8. The monoisotopic (exact) mass is 282 g/mol. The van der Waals surface area contributed by atoms with Gasteiger partial charge in [-0.25, -0.2) is 0 Å². The topological polar surface area (TPSA) is 55.6 Å². The fourth-order valence-electron chi connectivity index (χ4n) is 3.43. The summed E-state index contributed by atoms with van der Waals surface area (Å²) in [5.41, 5.74) is 5.71. The van der Waals surface area contributed by atoms with Gasteiger partial charge in [0.25, 0.3) is 0 Å². The molecule has 0 aromatic heterocycles. The van der Waals surface area contributed by atoms with Gasteiger partial charge < -0.3 is 15.4 Å². The number of nitrogens with zero attached hydrogens (tertiary/aromatic N) is 1. The summed E-state index contributed by atoms with van der Waals surface area (Å²) in [7, 11) is 1.92. The Morgan fingerprint density at radius 2 is 1.85 bits per heavy atom. The van der Waals surface area contributed by atoms with Crippen LogP contribution in [0.15, 0.2) is 0 Å². The van der Waals surface area contributed by atoms with Crippen molar-refractivity contribution in [2.75, 3.05) is 26.7 Å². The third-order valence-electron chi connectivity index (χ3n) is 4.94. The molecule has 0 radical (unpaired) electrons. The van der Waals surface area contributed by atoms with Gasteiger partial charge in [-0.15, -0.1) is 0 Å². The molecular formula is C16H30N2O2. The molecule has 2 rings (SSSR count). The number of rotatable bonds is 5. The maximum atomic E-state index is 12.3. The van der Waals surface area contributed by atoms with Crippen molar-refractivity contribution in [2.45, 2.75) is 57.5 Å². The van der Waals surface area contributed by atoms with E-state index in [1.807, 2.05) is 11.9 Å². The molecule has 1 atom stereocenters. The Kier molecular flexibility index (Phi) is 6.30. The maximum Gasteiger partial charge on any atom is 0.222 e. The van der Waals surface area contributed by atoms with Crippen LogP contribution >= 0.6 is 0 Å². The first-order valence-electron chi connectivity index (χ1n) is 8.24. The van der Waals surface area contributed by atoms with E-state index in [4.69, 9.17) is 10.5 Å². The number of carbonyl (C=O) groups excluding carboxylic acids is 1. The number of nitrogens with two attached hydrogens (primary N) is 1. The third-order valence-corrected chi connectivity index (χ3v) is 4.94. The van der Waals surface area contributed by atoms with E-state index in [1.165, 1.54) is 38.5 Å². The lowest BCUT2D eigenvalue weighted by Gasteiger charge is -2.30. The van der Waals surface area contributed by atoms with Crippen molar-refractivity contribution in [3.05, 3.63) is 0 Å². The average Bonchev–Trinajstić information content (AvgIpc) is 2.49. The zero-order valence-electron chi connectivity index (χ0n) is 12.9. The van der Waals surface area contributed by atoms with E-state index in [-0.39, 0.29) is 12.0 Å². The predicted octanol–water partition coefficient (Wildman–Crippen LogP) is 2.17. The van der Waals surface area contributed by atoms with Gasteiger partial charge in [-0.2, -0.15) is 0 Å². The molecule has 20 heavy (non-hydrogen) atoms. The summed E-state index contributed by atoms with van der Waals surface area (Å²) in [5, 5.41) is 0. The average molecular weight is 282 g/mol. The Morgan fingerprint density at radius 1 is 1.15 bits per heavy atom. The van der Waals surface area contributed by atoms with Crippen LogP contribution in [0.2, 0.25) is 0 Å². The zero-order valence-corrected chi connectivity index (χ0v) is 12.9. The Bertz CT molecular complexity index is 295. The molecule has 2 fully saturated rings. The fraction of sp³-hybridized carbons (Fsp3) is 0.938. The molecule has 1 aliphatic heterocycles. The van der Waals surface area contributed by atoms with E-state index in [0.717, 1.165) is 26.1 Å². The van der Waals surface area contributed by atoms with Crippen molar-refractivity contribution >= 4 is 5.91 Å². The van der Waals surface area contributed by atoms with Crippen LogP contribution in [-0.4, -0.2) is 43.7 Å². The maximum absolute atomic E-state index is 12.3. The number of ether oxygens (including phenoxy) is 1. The minimum atomic E-state index is 0.255. The molecular weight excluding hydrogens is 252 g/mol. The summed E-state index contributed by atoms with van der Waals surface area (Å²) in [6.45, 7) is 2.42. The second-order valence-corrected chi connectivity index (χ2v) is 6.59. The molecule has 0 bridgehead atoms. The Labute approximate surface area is 123 Å². The molecule has 0 aromatic carbocycles. The molecule has 1 saturated carbocycles. The van der Waals surface area contributed by atoms with E-state index in [0.29, 0.717) is 18.3 Å². The molecule has 116 valence electrons. The van der Waals surface area contributed by atoms with E-state index in [9.17, 15) is 4.79 Å². The number of likely N-dealkylation sites (N-methyl/N-ethyl adjacent to an activating group) is 1. The molecule has 1 amide bonds. The lowest BCUT2D eigenvalue weighted by Crippen LogP contribution is -2.38. The van der Waals surface area contributed by atoms with Crippen LogP contribution in [0.1, 0.15) is 51.4 Å². The highest BCUT2D eigenvalue weighted by atomic mass is 16.5. The van der Waals surface area contributed by atoms with E-state index < -0.39 is 0 Å². The van der Waals surface area contributed by atoms with Crippen molar-refractivity contribution in [1.82, 2.24) is 4.90 Å². The van der Waals surface area contributed by atoms with Crippen molar-refractivity contribution in [1.29, 1.82) is 0 Å². The number of amides is 1. The fourth-order valence-corrected chi connectivity index (χ4v) is 3.43. The highest BCUT2D eigenvalue weighted by Gasteiger charge is 2.25. The van der Waals surface area contributed by atoms with Gasteiger partial charge in [0.05, 0.1) is 6.10 Å². The normalized spacial score (nSPS) is 31.0. The highest BCUT2D eigenvalue weighted by molar-refractivity contribution is 5.76. The van der Waals surface area contributed by atoms with Gasteiger partial charge in [-0.1, -0.05) is 0 Å². The van der Waals surface area contributed by atoms with Crippen LogP contribution in [0, 0.1) is 11.8 Å². The van der Waals surface area contributed by atoms with Crippen molar-refractivity contribution in [3.8, 4) is 0 Å². The Balaban J connectivity index is 1.68. The first-order valence-corrected chi connectivity index (χ1v) is 8.24. The van der Waals surface area contributed by atoms with Crippen LogP contribution in [0.4, 0.5) is 0 Å². The van der Waals surface area contributed by atoms with E-state index in [2.05, 4.69) is 0 Å². The quantitative estimate of drug-likeness (QED) is 0.841. The van der Waals surface area contributed by atoms with Crippen LogP contribution in [0.25, 0.3) is 0 Å². The Hall–Kier alpha value is -0.610. The number of hydrogen-bond donors (Lipinski definition) is 1. The molecule has 4 heteroatoms. The van der Waals surface area contributed by atoms with Crippen LogP contribution in [0.3, 0.4) is 0 Å². The lowest BCUT2D eigenvalue weighted by molar-refractivity contribution is -0.133. The van der Waals surface area contributed by atoms with Crippen molar-refractivity contribution in [2.24, 2.45) is 17.6 Å². The van der Waals surface area contributed by atoms with Gasteiger partial charge in [0.15, 0.2) is 0 Å². The van der Waals surface area contributed by atoms with Crippen molar-refractivity contribution < 1.29 is 9.53 Å². The molecule has 1 aliphatic carbocycles. The van der Waals surface area contributed by atoms with E-state index >= 15 is 0 Å². The predicted molar refractivity (Wildman–Crippen MR) is 80.3 cm³/mol. The standard InChI is InChI=1S/C16H30N2O2/c1-18(12-15-4-2-3-9-20-15)16(19)10-13-5-7-14(11-17)8-6-13/h13-15H,2-12,17H2,1H3. The summed E-state index contributed by atoms with van der Waals surface area (Å²) < 4.78 is 5.71. The summed E-state index contributed by atoms with van der Waals surface area (Å²) in [6.07, 6.45) is 9.19. The van der Waals surface area contributed by atoms with Gasteiger partial charge >= 0.3 is 0 Å². The van der Waals surface area contributed by atoms with Crippen LogP contribution in [0.5, 0.6) is 0 Å². The molecule has 4 nitrogen and oxygen atoms in total.